The SMILES string of the molecule is Cc1noc(C)c1CSCC(=O)N[C@@H]1CCCC[C@H]1O. The van der Waals surface area contributed by atoms with Crippen molar-refractivity contribution in [1.82, 2.24) is 10.5 Å². The number of hydrogen-bond acceptors (Lipinski definition) is 5. The van der Waals surface area contributed by atoms with E-state index in [1.807, 2.05) is 13.8 Å². The average molecular weight is 298 g/mol. The molecule has 0 aromatic carbocycles. The van der Waals surface area contributed by atoms with E-state index in [4.69, 9.17) is 4.52 Å². The first kappa shape index (κ1) is 15.4. The Labute approximate surface area is 123 Å². The number of carbonyl (C=O) groups excluding carboxylic acids is 1. The van der Waals surface area contributed by atoms with Crippen LogP contribution in [0.2, 0.25) is 0 Å². The van der Waals surface area contributed by atoms with Crippen molar-refractivity contribution in [3.05, 3.63) is 17.0 Å². The summed E-state index contributed by atoms with van der Waals surface area (Å²) in [6.07, 6.45) is 3.40. The number of aliphatic hydroxyl groups is 1. The molecule has 20 heavy (non-hydrogen) atoms. The van der Waals surface area contributed by atoms with E-state index in [0.717, 1.165) is 48.5 Å². The van der Waals surface area contributed by atoms with Crippen molar-refractivity contribution < 1.29 is 14.4 Å². The molecule has 0 aliphatic heterocycles. The third-order valence-electron chi connectivity index (χ3n) is 3.74. The second kappa shape index (κ2) is 7.13. The van der Waals surface area contributed by atoms with E-state index in [1.54, 1.807) is 11.8 Å². The van der Waals surface area contributed by atoms with E-state index in [9.17, 15) is 9.90 Å². The second-order valence-corrected chi connectivity index (χ2v) is 6.31. The van der Waals surface area contributed by atoms with E-state index in [2.05, 4.69) is 10.5 Å². The van der Waals surface area contributed by atoms with Crippen LogP contribution in [0.15, 0.2) is 4.52 Å². The average Bonchev–Trinajstić information content (AvgIpc) is 2.73. The zero-order chi connectivity index (χ0) is 14.5. The number of nitrogens with one attached hydrogen (secondary N) is 1. The molecule has 6 heteroatoms. The van der Waals surface area contributed by atoms with E-state index >= 15 is 0 Å². The van der Waals surface area contributed by atoms with Gasteiger partial charge in [-0.1, -0.05) is 18.0 Å². The molecule has 0 unspecified atom stereocenters. The van der Waals surface area contributed by atoms with Gasteiger partial charge >= 0.3 is 0 Å². The molecular weight excluding hydrogens is 276 g/mol. The summed E-state index contributed by atoms with van der Waals surface area (Å²) >= 11 is 1.54. The second-order valence-electron chi connectivity index (χ2n) is 5.32. The lowest BCUT2D eigenvalue weighted by molar-refractivity contribution is -0.120. The zero-order valence-electron chi connectivity index (χ0n) is 12.0. The van der Waals surface area contributed by atoms with Gasteiger partial charge < -0.3 is 14.9 Å². The lowest BCUT2D eigenvalue weighted by atomic mass is 9.93. The Kier molecular flexibility index (Phi) is 5.48. The van der Waals surface area contributed by atoms with Gasteiger partial charge in [-0.15, -0.1) is 11.8 Å². The van der Waals surface area contributed by atoms with Gasteiger partial charge in [-0.2, -0.15) is 0 Å². The minimum Gasteiger partial charge on any atom is -0.391 e. The van der Waals surface area contributed by atoms with Crippen LogP contribution in [0.3, 0.4) is 0 Å². The van der Waals surface area contributed by atoms with Gasteiger partial charge in [0, 0.05) is 11.3 Å². The topological polar surface area (TPSA) is 75.4 Å². The predicted molar refractivity (Wildman–Crippen MR) is 78.5 cm³/mol. The van der Waals surface area contributed by atoms with Crippen LogP contribution in [0.5, 0.6) is 0 Å². The molecular formula is C14H22N2O3S. The lowest BCUT2D eigenvalue weighted by Crippen LogP contribution is -2.45. The number of amides is 1. The summed E-state index contributed by atoms with van der Waals surface area (Å²) in [6.45, 7) is 3.79. The summed E-state index contributed by atoms with van der Waals surface area (Å²) in [7, 11) is 0. The van der Waals surface area contributed by atoms with Crippen LogP contribution in [0.1, 0.15) is 42.7 Å². The first-order valence-corrected chi connectivity index (χ1v) is 8.20. The fourth-order valence-electron chi connectivity index (χ4n) is 2.48. The maximum Gasteiger partial charge on any atom is 0.230 e. The Balaban J connectivity index is 1.72. The zero-order valence-corrected chi connectivity index (χ0v) is 12.8. The lowest BCUT2D eigenvalue weighted by Gasteiger charge is -2.28. The molecule has 0 saturated heterocycles. The molecule has 5 nitrogen and oxygen atoms in total. The molecule has 1 fully saturated rings. The van der Waals surface area contributed by atoms with Crippen LogP contribution in [0.4, 0.5) is 0 Å². The Morgan fingerprint density at radius 2 is 2.20 bits per heavy atom. The summed E-state index contributed by atoms with van der Waals surface area (Å²) in [5.41, 5.74) is 1.96. The van der Waals surface area contributed by atoms with Crippen LogP contribution in [-0.2, 0) is 10.5 Å². The van der Waals surface area contributed by atoms with Crippen LogP contribution >= 0.6 is 11.8 Å². The van der Waals surface area contributed by atoms with E-state index in [1.165, 1.54) is 0 Å². The number of aromatic nitrogens is 1. The minimum absolute atomic E-state index is 0.00675. The van der Waals surface area contributed by atoms with E-state index in [0.29, 0.717) is 5.75 Å². The Bertz CT molecular complexity index is 442. The first-order chi connectivity index (χ1) is 9.58. The number of thioether (sulfide) groups is 1. The number of hydrogen-bond donors (Lipinski definition) is 2. The molecule has 1 aromatic heterocycles. The Hall–Kier alpha value is -1.01. The van der Waals surface area contributed by atoms with Crippen LogP contribution in [0, 0.1) is 13.8 Å². The number of rotatable bonds is 5. The Morgan fingerprint density at radius 3 is 2.85 bits per heavy atom. The summed E-state index contributed by atoms with van der Waals surface area (Å²) < 4.78 is 5.09. The predicted octanol–water partition coefficient (Wildman–Crippen LogP) is 1.94. The molecule has 2 N–H and O–H groups in total. The van der Waals surface area contributed by atoms with Gasteiger partial charge in [0.2, 0.25) is 5.91 Å². The van der Waals surface area contributed by atoms with Gasteiger partial charge in [0.05, 0.1) is 23.6 Å². The monoisotopic (exact) mass is 298 g/mol. The Morgan fingerprint density at radius 1 is 1.45 bits per heavy atom. The van der Waals surface area contributed by atoms with E-state index in [-0.39, 0.29) is 18.1 Å². The third-order valence-corrected chi connectivity index (χ3v) is 4.70. The van der Waals surface area contributed by atoms with E-state index < -0.39 is 0 Å². The highest BCUT2D eigenvalue weighted by Gasteiger charge is 2.24. The largest absolute Gasteiger partial charge is 0.391 e. The quantitative estimate of drug-likeness (QED) is 0.869. The molecule has 0 spiro atoms. The fraction of sp³-hybridized carbons (Fsp3) is 0.714. The first-order valence-electron chi connectivity index (χ1n) is 7.05. The van der Waals surface area contributed by atoms with Crippen molar-refractivity contribution in [2.45, 2.75) is 57.4 Å². The molecule has 2 rings (SSSR count). The van der Waals surface area contributed by atoms with Crippen molar-refractivity contribution in [1.29, 1.82) is 0 Å². The highest BCUT2D eigenvalue weighted by atomic mass is 32.2. The fourth-order valence-corrected chi connectivity index (χ4v) is 3.47. The van der Waals surface area contributed by atoms with Crippen molar-refractivity contribution >= 4 is 17.7 Å². The smallest absolute Gasteiger partial charge is 0.230 e. The van der Waals surface area contributed by atoms with Gasteiger partial charge in [-0.25, -0.2) is 0 Å². The molecule has 0 bridgehead atoms. The standard InChI is InChI=1S/C14H22N2O3S/c1-9-11(10(2)19-16-9)7-20-8-14(18)15-12-5-3-4-6-13(12)17/h12-13,17H,3-8H2,1-2H3,(H,15,18)/t12-,13-/m1/s1. The summed E-state index contributed by atoms with van der Waals surface area (Å²) in [5, 5.41) is 16.6. The van der Waals surface area contributed by atoms with Crippen molar-refractivity contribution in [2.24, 2.45) is 0 Å². The van der Waals surface area contributed by atoms with Crippen molar-refractivity contribution in [3.8, 4) is 0 Å². The molecule has 1 aliphatic carbocycles. The molecule has 0 radical (unpaired) electrons. The molecule has 1 aliphatic rings. The number of nitrogens with zero attached hydrogens (tertiary/aromatic N) is 1. The summed E-state index contributed by atoms with van der Waals surface area (Å²) in [6, 6.07) is -0.0732. The van der Waals surface area contributed by atoms with Gasteiger partial charge in [0.1, 0.15) is 5.76 Å². The molecule has 1 aromatic rings. The minimum atomic E-state index is -0.389. The van der Waals surface area contributed by atoms with Crippen LogP contribution in [0.25, 0.3) is 0 Å². The van der Waals surface area contributed by atoms with Crippen LogP contribution < -0.4 is 5.32 Å². The maximum atomic E-state index is 11.9. The normalized spacial score (nSPS) is 22.8. The maximum absolute atomic E-state index is 11.9. The van der Waals surface area contributed by atoms with Crippen molar-refractivity contribution in [2.75, 3.05) is 5.75 Å². The molecule has 1 heterocycles. The van der Waals surface area contributed by atoms with Crippen molar-refractivity contribution in [3.63, 3.8) is 0 Å². The molecule has 112 valence electrons. The van der Waals surface area contributed by atoms with Gasteiger partial charge in [-0.05, 0) is 26.7 Å². The van der Waals surface area contributed by atoms with Gasteiger partial charge in [0.15, 0.2) is 0 Å². The number of carbonyl (C=O) groups is 1. The number of aliphatic hydroxyl groups excluding tert-OH is 1. The third kappa shape index (κ3) is 3.99. The molecule has 1 saturated carbocycles. The highest BCUT2D eigenvalue weighted by Crippen LogP contribution is 2.20. The van der Waals surface area contributed by atoms with Crippen LogP contribution in [-0.4, -0.2) is 34.1 Å². The molecule has 1 amide bonds. The molecule has 2 atom stereocenters. The summed E-state index contributed by atoms with van der Waals surface area (Å²) in [4.78, 5) is 11.9. The summed E-state index contributed by atoms with van der Waals surface area (Å²) in [5.74, 6) is 1.93. The van der Waals surface area contributed by atoms with Gasteiger partial charge in [-0.3, -0.25) is 4.79 Å². The van der Waals surface area contributed by atoms with Gasteiger partial charge in [0.25, 0.3) is 0 Å². The highest BCUT2D eigenvalue weighted by molar-refractivity contribution is 7.99. The number of aryl methyl sites for hydroxylation is 2.